The van der Waals surface area contributed by atoms with Crippen LogP contribution in [0.25, 0.3) is 17.7 Å². The third-order valence-corrected chi connectivity index (χ3v) is 6.07. The van der Waals surface area contributed by atoms with Gasteiger partial charge in [0.25, 0.3) is 0 Å². The Bertz CT molecular complexity index is 899. The van der Waals surface area contributed by atoms with Crippen LogP contribution >= 0.6 is 0 Å². The fourth-order valence-electron chi connectivity index (χ4n) is 4.45. The number of hydrogen-bond donors (Lipinski definition) is 2. The fourth-order valence-corrected chi connectivity index (χ4v) is 4.45. The van der Waals surface area contributed by atoms with E-state index in [0.29, 0.717) is 19.5 Å². The summed E-state index contributed by atoms with van der Waals surface area (Å²) in [5.41, 5.74) is 13.7. The summed E-state index contributed by atoms with van der Waals surface area (Å²) in [6.45, 7) is 4.26. The highest BCUT2D eigenvalue weighted by Gasteiger charge is 2.22. The molecule has 2 aromatic rings. The number of benzene rings is 2. The van der Waals surface area contributed by atoms with Crippen molar-refractivity contribution in [3.63, 3.8) is 0 Å². The Hall–Kier alpha value is -2.69. The summed E-state index contributed by atoms with van der Waals surface area (Å²) in [5.74, 6) is 0.111. The topological polar surface area (TPSA) is 58.4 Å². The van der Waals surface area contributed by atoms with E-state index >= 15 is 0 Å². The summed E-state index contributed by atoms with van der Waals surface area (Å²) in [6, 6.07) is 17.5. The summed E-state index contributed by atoms with van der Waals surface area (Å²) in [4.78, 5) is 14.2. The number of amides is 1. The van der Waals surface area contributed by atoms with Gasteiger partial charge in [0.05, 0.1) is 0 Å². The molecule has 30 heavy (non-hydrogen) atoms. The maximum absolute atomic E-state index is 11.8. The first-order valence-electron chi connectivity index (χ1n) is 11.0. The predicted molar refractivity (Wildman–Crippen MR) is 125 cm³/mol. The standard InChI is InChI=1S/C26H31N3O/c27-15-5-10-25(30)28-16-19-29-17-13-22(14-18-29)26-23-8-3-1-6-20(23)11-12-21-7-2-4-9-24(21)26/h1-4,6-9,11-12H,5,10,13-19,27H2,(H,28,30). The molecule has 1 fully saturated rings. The molecule has 0 atom stereocenters. The third-order valence-electron chi connectivity index (χ3n) is 6.07. The molecule has 2 aliphatic rings. The minimum Gasteiger partial charge on any atom is -0.355 e. The Labute approximate surface area is 179 Å². The van der Waals surface area contributed by atoms with Crippen LogP contribution in [0.3, 0.4) is 0 Å². The van der Waals surface area contributed by atoms with Gasteiger partial charge in [0, 0.05) is 32.6 Å². The average molecular weight is 402 g/mol. The van der Waals surface area contributed by atoms with Crippen LogP contribution in [0.4, 0.5) is 0 Å². The summed E-state index contributed by atoms with van der Waals surface area (Å²) in [5, 5.41) is 3.02. The highest BCUT2D eigenvalue weighted by molar-refractivity contribution is 5.94. The van der Waals surface area contributed by atoms with Gasteiger partial charge in [-0.3, -0.25) is 4.79 Å². The number of fused-ring (bicyclic) bond motifs is 2. The second-order valence-corrected chi connectivity index (χ2v) is 8.07. The number of carbonyl (C=O) groups excluding carboxylic acids is 1. The Balaban J connectivity index is 1.47. The number of nitrogens with one attached hydrogen (secondary N) is 1. The van der Waals surface area contributed by atoms with E-state index in [-0.39, 0.29) is 5.91 Å². The normalized spacial score (nSPS) is 16.0. The third kappa shape index (κ3) is 4.72. The largest absolute Gasteiger partial charge is 0.355 e. The molecule has 4 rings (SSSR count). The Morgan fingerprint density at radius 1 is 0.933 bits per heavy atom. The summed E-state index contributed by atoms with van der Waals surface area (Å²) < 4.78 is 0. The molecule has 0 radical (unpaired) electrons. The molecule has 1 amide bonds. The smallest absolute Gasteiger partial charge is 0.220 e. The van der Waals surface area contributed by atoms with Crippen molar-refractivity contribution in [3.05, 3.63) is 76.4 Å². The highest BCUT2D eigenvalue weighted by atomic mass is 16.1. The lowest BCUT2D eigenvalue weighted by Crippen LogP contribution is -2.38. The van der Waals surface area contributed by atoms with Gasteiger partial charge in [-0.05, 0) is 53.6 Å². The van der Waals surface area contributed by atoms with Gasteiger partial charge in [0.1, 0.15) is 0 Å². The molecule has 4 heteroatoms. The Kier molecular flexibility index (Phi) is 6.77. The van der Waals surface area contributed by atoms with Crippen LogP contribution in [0.5, 0.6) is 0 Å². The number of rotatable bonds is 6. The van der Waals surface area contributed by atoms with E-state index in [1.54, 1.807) is 5.57 Å². The van der Waals surface area contributed by atoms with Gasteiger partial charge < -0.3 is 16.0 Å². The van der Waals surface area contributed by atoms with Crippen LogP contribution in [0.2, 0.25) is 0 Å². The maximum atomic E-state index is 11.8. The van der Waals surface area contributed by atoms with Crippen molar-refractivity contribution in [2.75, 3.05) is 32.7 Å². The SMILES string of the molecule is NCCCC(=O)NCCN1CCC(=C2c3ccccc3C=Cc3ccccc32)CC1. The van der Waals surface area contributed by atoms with Gasteiger partial charge >= 0.3 is 0 Å². The molecule has 0 bridgehead atoms. The Morgan fingerprint density at radius 3 is 2.13 bits per heavy atom. The lowest BCUT2D eigenvalue weighted by atomic mass is 9.86. The lowest BCUT2D eigenvalue weighted by Gasteiger charge is -2.30. The number of piperidine rings is 1. The van der Waals surface area contributed by atoms with Gasteiger partial charge in [0.2, 0.25) is 5.91 Å². The molecule has 0 spiro atoms. The van der Waals surface area contributed by atoms with Crippen molar-refractivity contribution in [3.8, 4) is 0 Å². The first-order valence-corrected chi connectivity index (χ1v) is 11.0. The number of nitrogens with zero attached hydrogens (tertiary/aromatic N) is 1. The summed E-state index contributed by atoms with van der Waals surface area (Å²) >= 11 is 0. The molecule has 2 aromatic carbocycles. The molecule has 156 valence electrons. The van der Waals surface area contributed by atoms with Crippen molar-refractivity contribution < 1.29 is 4.79 Å². The van der Waals surface area contributed by atoms with Crippen molar-refractivity contribution in [1.29, 1.82) is 0 Å². The molecular formula is C26H31N3O. The molecular weight excluding hydrogens is 370 g/mol. The van der Waals surface area contributed by atoms with Crippen LogP contribution in [0, 0.1) is 0 Å². The number of likely N-dealkylation sites (tertiary alicyclic amines) is 1. The van der Waals surface area contributed by atoms with Crippen LogP contribution in [0.15, 0.2) is 54.1 Å². The molecule has 3 N–H and O–H groups in total. The molecule has 1 saturated heterocycles. The molecule has 1 aliphatic carbocycles. The quantitative estimate of drug-likeness (QED) is 0.658. The number of nitrogens with two attached hydrogens (primary N) is 1. The van der Waals surface area contributed by atoms with E-state index in [4.69, 9.17) is 5.73 Å². The van der Waals surface area contributed by atoms with E-state index in [1.165, 1.54) is 27.8 Å². The van der Waals surface area contributed by atoms with Gasteiger partial charge in [-0.2, -0.15) is 0 Å². The minimum atomic E-state index is 0.111. The molecule has 1 aliphatic heterocycles. The zero-order chi connectivity index (χ0) is 20.8. The average Bonchev–Trinajstić information content (AvgIpc) is 2.95. The van der Waals surface area contributed by atoms with Crippen molar-refractivity contribution in [2.45, 2.75) is 25.7 Å². The zero-order valence-electron chi connectivity index (χ0n) is 17.6. The second kappa shape index (κ2) is 9.88. The monoisotopic (exact) mass is 401 g/mol. The molecule has 4 nitrogen and oxygen atoms in total. The molecule has 0 aromatic heterocycles. The van der Waals surface area contributed by atoms with Crippen LogP contribution in [-0.2, 0) is 4.79 Å². The van der Waals surface area contributed by atoms with Crippen molar-refractivity contribution in [1.82, 2.24) is 10.2 Å². The molecule has 0 saturated carbocycles. The van der Waals surface area contributed by atoms with E-state index in [1.807, 2.05) is 0 Å². The first kappa shape index (κ1) is 20.6. The van der Waals surface area contributed by atoms with Crippen LogP contribution in [-0.4, -0.2) is 43.5 Å². The Morgan fingerprint density at radius 2 is 1.53 bits per heavy atom. The number of carbonyl (C=O) groups is 1. The predicted octanol–water partition coefficient (Wildman–Crippen LogP) is 3.92. The second-order valence-electron chi connectivity index (χ2n) is 8.07. The van der Waals surface area contributed by atoms with Crippen LogP contribution < -0.4 is 11.1 Å². The molecule has 0 unspecified atom stereocenters. The number of hydrogen-bond acceptors (Lipinski definition) is 3. The van der Waals surface area contributed by atoms with Gasteiger partial charge in [-0.25, -0.2) is 0 Å². The van der Waals surface area contributed by atoms with E-state index in [9.17, 15) is 4.79 Å². The van der Waals surface area contributed by atoms with Crippen molar-refractivity contribution in [2.24, 2.45) is 5.73 Å². The minimum absolute atomic E-state index is 0.111. The highest BCUT2D eigenvalue weighted by Crippen LogP contribution is 2.38. The maximum Gasteiger partial charge on any atom is 0.220 e. The summed E-state index contributed by atoms with van der Waals surface area (Å²) in [7, 11) is 0. The summed E-state index contributed by atoms with van der Waals surface area (Å²) in [6.07, 6.45) is 7.90. The first-order chi connectivity index (χ1) is 14.8. The van der Waals surface area contributed by atoms with Gasteiger partial charge in [0.15, 0.2) is 0 Å². The zero-order valence-corrected chi connectivity index (χ0v) is 17.6. The van der Waals surface area contributed by atoms with E-state index in [0.717, 1.165) is 38.9 Å². The van der Waals surface area contributed by atoms with Gasteiger partial charge in [-0.1, -0.05) is 66.3 Å². The fraction of sp³-hybridized carbons (Fsp3) is 0.346. The lowest BCUT2D eigenvalue weighted by molar-refractivity contribution is -0.121. The van der Waals surface area contributed by atoms with E-state index in [2.05, 4.69) is 70.9 Å². The van der Waals surface area contributed by atoms with Crippen molar-refractivity contribution >= 4 is 23.6 Å². The van der Waals surface area contributed by atoms with Gasteiger partial charge in [-0.15, -0.1) is 0 Å². The van der Waals surface area contributed by atoms with Crippen LogP contribution in [0.1, 0.15) is 47.9 Å². The van der Waals surface area contributed by atoms with E-state index < -0.39 is 0 Å². The molecule has 1 heterocycles.